The van der Waals surface area contributed by atoms with Crippen LogP contribution in [0.4, 0.5) is 0 Å². The molecule has 0 N–H and O–H groups in total. The third-order valence-corrected chi connectivity index (χ3v) is 6.17. The minimum atomic E-state index is 0.836. The van der Waals surface area contributed by atoms with Gasteiger partial charge in [-0.25, -0.2) is 4.98 Å². The van der Waals surface area contributed by atoms with Gasteiger partial charge in [0.05, 0.1) is 22.8 Å². The number of nitrogens with zero attached hydrogens (tertiary/aromatic N) is 3. The van der Waals surface area contributed by atoms with Gasteiger partial charge < -0.3 is 0 Å². The van der Waals surface area contributed by atoms with Crippen molar-refractivity contribution >= 4 is 21.5 Å². The van der Waals surface area contributed by atoms with Gasteiger partial charge in [0.25, 0.3) is 0 Å². The molecule has 0 atom stereocenters. The van der Waals surface area contributed by atoms with Crippen molar-refractivity contribution in [3.63, 3.8) is 0 Å². The maximum atomic E-state index is 4.95. The highest BCUT2D eigenvalue weighted by Gasteiger charge is 2.16. The largest absolute Gasteiger partial charge is 0.255 e. The standard InChI is InChI=1S/C30H21N3/c1-20-22-10-2-4-12-24(22)30(25-13-5-3-11-23(20)25)21-18-28(26-14-6-8-16-31-26)33-29(19-21)27-15-7-9-17-32-27/h2-19H,1H3. The Labute approximate surface area is 192 Å². The Balaban J connectivity index is 1.73. The van der Waals surface area contributed by atoms with Gasteiger partial charge in [-0.1, -0.05) is 60.7 Å². The number of hydrogen-bond donors (Lipinski definition) is 0. The second kappa shape index (κ2) is 7.95. The van der Waals surface area contributed by atoms with E-state index in [0.29, 0.717) is 0 Å². The number of hydrogen-bond acceptors (Lipinski definition) is 3. The summed E-state index contributed by atoms with van der Waals surface area (Å²) in [6.07, 6.45) is 3.61. The van der Waals surface area contributed by atoms with Crippen LogP contribution in [0.1, 0.15) is 5.56 Å². The van der Waals surface area contributed by atoms with E-state index in [1.165, 1.54) is 32.7 Å². The number of aromatic nitrogens is 3. The molecular formula is C30H21N3. The monoisotopic (exact) mass is 423 g/mol. The number of aryl methyl sites for hydroxylation is 1. The van der Waals surface area contributed by atoms with Crippen molar-refractivity contribution in [2.45, 2.75) is 6.92 Å². The average molecular weight is 424 g/mol. The SMILES string of the molecule is Cc1c2ccccc2c(-c2cc(-c3ccccn3)nc(-c3ccccn3)c2)c2ccccc12. The predicted octanol–water partition coefficient (Wildman–Crippen LogP) is 7.49. The van der Waals surface area contributed by atoms with E-state index in [9.17, 15) is 0 Å². The third-order valence-electron chi connectivity index (χ3n) is 6.17. The maximum Gasteiger partial charge on any atom is 0.0900 e. The fourth-order valence-corrected chi connectivity index (χ4v) is 4.62. The molecule has 6 aromatic rings. The van der Waals surface area contributed by atoms with E-state index in [0.717, 1.165) is 28.3 Å². The number of benzene rings is 3. The van der Waals surface area contributed by atoms with Crippen LogP contribution in [-0.4, -0.2) is 15.0 Å². The molecule has 0 radical (unpaired) electrons. The highest BCUT2D eigenvalue weighted by molar-refractivity contribution is 6.15. The summed E-state index contributed by atoms with van der Waals surface area (Å²) in [5.41, 5.74) is 6.98. The second-order valence-electron chi connectivity index (χ2n) is 8.15. The van der Waals surface area contributed by atoms with Gasteiger partial charge >= 0.3 is 0 Å². The van der Waals surface area contributed by atoms with Crippen molar-refractivity contribution in [1.82, 2.24) is 15.0 Å². The molecule has 0 saturated heterocycles. The first kappa shape index (κ1) is 19.3. The molecule has 0 unspecified atom stereocenters. The molecule has 0 spiro atoms. The van der Waals surface area contributed by atoms with Gasteiger partial charge in [-0.3, -0.25) is 9.97 Å². The number of fused-ring (bicyclic) bond motifs is 2. The van der Waals surface area contributed by atoms with Crippen LogP contribution in [0.15, 0.2) is 109 Å². The predicted molar refractivity (Wildman–Crippen MR) is 136 cm³/mol. The van der Waals surface area contributed by atoms with E-state index in [2.05, 4.69) is 77.6 Å². The van der Waals surface area contributed by atoms with Gasteiger partial charge in [-0.05, 0) is 81.6 Å². The van der Waals surface area contributed by atoms with Crippen LogP contribution in [0.5, 0.6) is 0 Å². The minimum Gasteiger partial charge on any atom is -0.255 e. The summed E-state index contributed by atoms with van der Waals surface area (Å²) in [7, 11) is 0. The molecule has 0 fully saturated rings. The van der Waals surface area contributed by atoms with Crippen molar-refractivity contribution in [2.75, 3.05) is 0 Å². The quantitative estimate of drug-likeness (QED) is 0.277. The lowest BCUT2D eigenvalue weighted by Gasteiger charge is -2.16. The van der Waals surface area contributed by atoms with Crippen molar-refractivity contribution in [2.24, 2.45) is 0 Å². The Morgan fingerprint density at radius 3 is 1.39 bits per heavy atom. The Bertz CT molecular complexity index is 1490. The van der Waals surface area contributed by atoms with E-state index in [4.69, 9.17) is 4.98 Å². The topological polar surface area (TPSA) is 38.7 Å². The van der Waals surface area contributed by atoms with Gasteiger partial charge in [-0.2, -0.15) is 0 Å². The molecule has 3 heteroatoms. The maximum absolute atomic E-state index is 4.95. The third kappa shape index (κ3) is 3.35. The molecule has 0 saturated carbocycles. The molecule has 3 heterocycles. The Morgan fingerprint density at radius 1 is 0.485 bits per heavy atom. The zero-order valence-corrected chi connectivity index (χ0v) is 18.2. The van der Waals surface area contributed by atoms with E-state index in [-0.39, 0.29) is 0 Å². The summed E-state index contributed by atoms with van der Waals surface area (Å²) >= 11 is 0. The van der Waals surface area contributed by atoms with Gasteiger partial charge in [0.1, 0.15) is 0 Å². The fourth-order valence-electron chi connectivity index (χ4n) is 4.62. The Morgan fingerprint density at radius 2 is 0.939 bits per heavy atom. The molecule has 3 aromatic heterocycles. The smallest absolute Gasteiger partial charge is 0.0900 e. The van der Waals surface area contributed by atoms with Crippen LogP contribution in [0.3, 0.4) is 0 Å². The lowest BCUT2D eigenvalue weighted by molar-refractivity contribution is 1.22. The van der Waals surface area contributed by atoms with Crippen LogP contribution in [0.25, 0.3) is 55.4 Å². The summed E-state index contributed by atoms with van der Waals surface area (Å²) in [4.78, 5) is 14.1. The molecule has 33 heavy (non-hydrogen) atoms. The Hall–Kier alpha value is -4.37. The van der Waals surface area contributed by atoms with Gasteiger partial charge in [-0.15, -0.1) is 0 Å². The highest BCUT2D eigenvalue weighted by Crippen LogP contribution is 2.40. The van der Waals surface area contributed by atoms with Crippen LogP contribution in [-0.2, 0) is 0 Å². The van der Waals surface area contributed by atoms with E-state index < -0.39 is 0 Å². The molecule has 3 aromatic carbocycles. The van der Waals surface area contributed by atoms with Crippen molar-refractivity contribution in [1.29, 1.82) is 0 Å². The zero-order valence-electron chi connectivity index (χ0n) is 18.2. The van der Waals surface area contributed by atoms with Crippen LogP contribution < -0.4 is 0 Å². The first-order valence-corrected chi connectivity index (χ1v) is 11.0. The second-order valence-corrected chi connectivity index (χ2v) is 8.15. The highest BCUT2D eigenvalue weighted by atomic mass is 14.8. The van der Waals surface area contributed by atoms with E-state index in [1.807, 2.05) is 36.4 Å². The normalized spacial score (nSPS) is 11.2. The first-order valence-electron chi connectivity index (χ1n) is 11.0. The van der Waals surface area contributed by atoms with Crippen LogP contribution >= 0.6 is 0 Å². The van der Waals surface area contributed by atoms with Crippen molar-refractivity contribution < 1.29 is 0 Å². The molecular weight excluding hydrogens is 402 g/mol. The van der Waals surface area contributed by atoms with E-state index in [1.54, 1.807) is 12.4 Å². The molecule has 3 nitrogen and oxygen atoms in total. The van der Waals surface area contributed by atoms with E-state index >= 15 is 0 Å². The van der Waals surface area contributed by atoms with Crippen molar-refractivity contribution in [3.05, 3.63) is 115 Å². The zero-order chi connectivity index (χ0) is 22.2. The van der Waals surface area contributed by atoms with Crippen LogP contribution in [0.2, 0.25) is 0 Å². The number of pyridine rings is 3. The van der Waals surface area contributed by atoms with Crippen LogP contribution in [0, 0.1) is 6.92 Å². The summed E-state index contributed by atoms with van der Waals surface area (Å²) in [5.74, 6) is 0. The summed E-state index contributed by atoms with van der Waals surface area (Å²) < 4.78 is 0. The lowest BCUT2D eigenvalue weighted by atomic mass is 9.88. The molecule has 0 amide bonds. The Kier molecular flexibility index (Phi) is 4.66. The molecule has 6 rings (SSSR count). The average Bonchev–Trinajstić information content (AvgIpc) is 2.90. The summed E-state index contributed by atoms with van der Waals surface area (Å²) in [5, 5.41) is 5.00. The van der Waals surface area contributed by atoms with Crippen molar-refractivity contribution in [3.8, 4) is 33.9 Å². The summed E-state index contributed by atoms with van der Waals surface area (Å²) in [6, 6.07) is 33.4. The fraction of sp³-hybridized carbons (Fsp3) is 0.0333. The lowest BCUT2D eigenvalue weighted by Crippen LogP contribution is -1.95. The minimum absolute atomic E-state index is 0.836. The molecule has 0 aliphatic carbocycles. The van der Waals surface area contributed by atoms with Gasteiger partial charge in [0.15, 0.2) is 0 Å². The van der Waals surface area contributed by atoms with Gasteiger partial charge in [0.2, 0.25) is 0 Å². The molecule has 0 aliphatic heterocycles. The molecule has 0 aliphatic rings. The summed E-state index contributed by atoms with van der Waals surface area (Å²) in [6.45, 7) is 2.21. The first-order chi connectivity index (χ1) is 16.3. The molecule has 156 valence electrons. The van der Waals surface area contributed by atoms with Gasteiger partial charge in [0, 0.05) is 12.4 Å². The number of rotatable bonds is 3. The molecule has 0 bridgehead atoms.